The molecule has 19 heavy (non-hydrogen) atoms. The molecule has 102 valence electrons. The van der Waals surface area contributed by atoms with Crippen molar-refractivity contribution >= 4 is 11.8 Å². The first-order valence-corrected chi connectivity index (χ1v) is 6.12. The molecule has 0 aromatic heterocycles. The molecule has 1 aliphatic rings. The number of nitrogens with one attached hydrogen (secondary N) is 1. The summed E-state index contributed by atoms with van der Waals surface area (Å²) in [6.45, 7) is 3.67. The van der Waals surface area contributed by atoms with Crippen LogP contribution in [0.25, 0.3) is 0 Å². The van der Waals surface area contributed by atoms with E-state index < -0.39 is 23.4 Å². The van der Waals surface area contributed by atoms with E-state index in [2.05, 4.69) is 5.32 Å². The van der Waals surface area contributed by atoms with Gasteiger partial charge in [-0.1, -0.05) is 6.92 Å². The lowest BCUT2D eigenvalue weighted by Gasteiger charge is -2.13. The maximum absolute atomic E-state index is 13.1. The molecule has 6 heteroatoms. The first-order valence-electron chi connectivity index (χ1n) is 6.12. The van der Waals surface area contributed by atoms with E-state index in [-0.39, 0.29) is 17.7 Å². The highest BCUT2D eigenvalue weighted by atomic mass is 19.2. The largest absolute Gasteiger partial charge is 0.317 e. The van der Waals surface area contributed by atoms with Gasteiger partial charge in [0.15, 0.2) is 11.6 Å². The van der Waals surface area contributed by atoms with E-state index in [0.717, 1.165) is 23.6 Å². The lowest BCUT2D eigenvalue weighted by molar-refractivity contribution is 0.0652. The summed E-state index contributed by atoms with van der Waals surface area (Å²) in [6.07, 6.45) is 0.601. The molecule has 0 spiro atoms. The molecule has 1 N–H and O–H groups in total. The molecule has 0 radical (unpaired) electrons. The lowest BCUT2D eigenvalue weighted by atomic mass is 10.1. The summed E-state index contributed by atoms with van der Waals surface area (Å²) in [6, 6.07) is 1.57. The Hall–Kier alpha value is -1.82. The van der Waals surface area contributed by atoms with Gasteiger partial charge in [-0.2, -0.15) is 0 Å². The topological polar surface area (TPSA) is 49.4 Å². The molecule has 0 saturated carbocycles. The van der Waals surface area contributed by atoms with Gasteiger partial charge < -0.3 is 5.32 Å². The van der Waals surface area contributed by atoms with Gasteiger partial charge >= 0.3 is 0 Å². The summed E-state index contributed by atoms with van der Waals surface area (Å²) < 4.78 is 26.2. The summed E-state index contributed by atoms with van der Waals surface area (Å²) in [5.74, 6) is -3.35. The van der Waals surface area contributed by atoms with Crippen molar-refractivity contribution in [3.8, 4) is 0 Å². The van der Waals surface area contributed by atoms with Crippen LogP contribution in [0.2, 0.25) is 0 Å². The quantitative estimate of drug-likeness (QED) is 0.651. The van der Waals surface area contributed by atoms with Gasteiger partial charge in [0, 0.05) is 6.54 Å². The minimum Gasteiger partial charge on any atom is -0.317 e. The predicted octanol–water partition coefficient (Wildman–Crippen LogP) is 1.56. The average Bonchev–Trinajstić information content (AvgIpc) is 2.60. The second-order valence-corrected chi connectivity index (χ2v) is 4.28. The van der Waals surface area contributed by atoms with Crippen molar-refractivity contribution in [3.63, 3.8) is 0 Å². The maximum atomic E-state index is 13.1. The van der Waals surface area contributed by atoms with Crippen LogP contribution in [0.3, 0.4) is 0 Å². The predicted molar refractivity (Wildman–Crippen MR) is 64.9 cm³/mol. The molecule has 0 fully saturated rings. The van der Waals surface area contributed by atoms with E-state index in [1.165, 1.54) is 0 Å². The molecular weight excluding hydrogens is 254 g/mol. The van der Waals surface area contributed by atoms with Crippen LogP contribution in [-0.2, 0) is 0 Å². The van der Waals surface area contributed by atoms with Crippen LogP contribution < -0.4 is 5.32 Å². The van der Waals surface area contributed by atoms with Gasteiger partial charge in [-0.25, -0.2) is 8.78 Å². The second-order valence-electron chi connectivity index (χ2n) is 4.28. The molecule has 2 rings (SSSR count). The zero-order valence-electron chi connectivity index (χ0n) is 10.5. The third-order valence-corrected chi connectivity index (χ3v) is 3.00. The van der Waals surface area contributed by atoms with Crippen molar-refractivity contribution in [2.45, 2.75) is 13.3 Å². The van der Waals surface area contributed by atoms with Gasteiger partial charge in [-0.3, -0.25) is 14.5 Å². The fraction of sp³-hybridized carbons (Fsp3) is 0.385. The number of carbonyl (C=O) groups excluding carboxylic acids is 2. The number of nitrogens with zero attached hydrogens (tertiary/aromatic N) is 1. The third-order valence-electron chi connectivity index (χ3n) is 3.00. The molecule has 2 amide bonds. The fourth-order valence-corrected chi connectivity index (χ4v) is 2.03. The number of carbonyl (C=O) groups is 2. The Bertz CT molecular complexity index is 491. The molecule has 0 unspecified atom stereocenters. The Labute approximate surface area is 109 Å². The number of hydrogen-bond acceptors (Lipinski definition) is 3. The highest BCUT2D eigenvalue weighted by molar-refractivity contribution is 6.21. The normalized spacial score (nSPS) is 14.2. The number of fused-ring (bicyclic) bond motifs is 1. The summed E-state index contributed by atoms with van der Waals surface area (Å²) in [4.78, 5) is 24.9. The van der Waals surface area contributed by atoms with Crippen LogP contribution in [-0.4, -0.2) is 36.3 Å². The van der Waals surface area contributed by atoms with E-state index >= 15 is 0 Å². The highest BCUT2D eigenvalue weighted by Gasteiger charge is 2.36. The molecule has 1 aliphatic heterocycles. The highest BCUT2D eigenvalue weighted by Crippen LogP contribution is 2.25. The zero-order chi connectivity index (χ0) is 14.0. The summed E-state index contributed by atoms with van der Waals surface area (Å²) >= 11 is 0. The number of benzene rings is 1. The van der Waals surface area contributed by atoms with E-state index in [4.69, 9.17) is 0 Å². The van der Waals surface area contributed by atoms with Crippen LogP contribution in [0, 0.1) is 11.6 Å². The number of halogens is 2. The molecule has 4 nitrogen and oxygen atoms in total. The first kappa shape index (κ1) is 13.6. The van der Waals surface area contributed by atoms with Crippen LogP contribution in [0.5, 0.6) is 0 Å². The van der Waals surface area contributed by atoms with Crippen molar-refractivity contribution in [1.82, 2.24) is 10.2 Å². The molecule has 1 heterocycles. The standard InChI is InChI=1S/C13H14F2N2O2/c1-2-16-4-3-5-17-12(18)8-6-10(14)11(15)7-9(8)13(17)19/h6-7,16H,2-5H2,1H3. The molecule has 1 aromatic rings. The molecule has 1 aromatic carbocycles. The fourth-order valence-electron chi connectivity index (χ4n) is 2.03. The van der Waals surface area contributed by atoms with Gasteiger partial charge in [0.2, 0.25) is 0 Å². The monoisotopic (exact) mass is 268 g/mol. The Morgan fingerprint density at radius 3 is 2.11 bits per heavy atom. The van der Waals surface area contributed by atoms with Crippen molar-refractivity contribution < 1.29 is 18.4 Å². The lowest BCUT2D eigenvalue weighted by Crippen LogP contribution is -2.32. The van der Waals surface area contributed by atoms with Crippen molar-refractivity contribution in [3.05, 3.63) is 34.9 Å². The van der Waals surface area contributed by atoms with Gasteiger partial charge in [0.05, 0.1) is 11.1 Å². The Kier molecular flexibility index (Phi) is 3.90. The van der Waals surface area contributed by atoms with Crippen LogP contribution in [0.1, 0.15) is 34.1 Å². The number of amides is 2. The maximum Gasteiger partial charge on any atom is 0.261 e. The number of imide groups is 1. The molecule has 0 atom stereocenters. The van der Waals surface area contributed by atoms with Gasteiger partial charge in [0.1, 0.15) is 0 Å². The van der Waals surface area contributed by atoms with E-state index in [9.17, 15) is 18.4 Å². The zero-order valence-corrected chi connectivity index (χ0v) is 10.5. The molecular formula is C13H14F2N2O2. The molecule has 0 bridgehead atoms. The van der Waals surface area contributed by atoms with Crippen LogP contribution in [0.4, 0.5) is 8.78 Å². The summed E-state index contributed by atoms with van der Waals surface area (Å²) in [5.41, 5.74) is -0.125. The minimum absolute atomic E-state index is 0.0626. The molecule has 0 aliphatic carbocycles. The van der Waals surface area contributed by atoms with E-state index in [1.807, 2.05) is 6.92 Å². The Morgan fingerprint density at radius 1 is 1.11 bits per heavy atom. The van der Waals surface area contributed by atoms with Crippen LogP contribution >= 0.6 is 0 Å². The average molecular weight is 268 g/mol. The smallest absolute Gasteiger partial charge is 0.261 e. The van der Waals surface area contributed by atoms with Crippen LogP contribution in [0.15, 0.2) is 12.1 Å². The number of hydrogen-bond donors (Lipinski definition) is 1. The van der Waals surface area contributed by atoms with Crippen molar-refractivity contribution in [2.24, 2.45) is 0 Å². The number of rotatable bonds is 5. The summed E-state index contributed by atoms with van der Waals surface area (Å²) in [5, 5.41) is 3.07. The first-order chi connectivity index (χ1) is 9.06. The van der Waals surface area contributed by atoms with Crippen molar-refractivity contribution in [2.75, 3.05) is 19.6 Å². The molecule has 0 saturated heterocycles. The van der Waals surface area contributed by atoms with Gasteiger partial charge in [-0.15, -0.1) is 0 Å². The van der Waals surface area contributed by atoms with Crippen molar-refractivity contribution in [1.29, 1.82) is 0 Å². The van der Waals surface area contributed by atoms with Gasteiger partial charge in [-0.05, 0) is 31.6 Å². The Morgan fingerprint density at radius 2 is 1.63 bits per heavy atom. The van der Waals surface area contributed by atoms with E-state index in [1.54, 1.807) is 0 Å². The Balaban J connectivity index is 2.15. The SMILES string of the molecule is CCNCCCN1C(=O)c2cc(F)c(F)cc2C1=O. The second kappa shape index (κ2) is 5.44. The van der Waals surface area contributed by atoms with Gasteiger partial charge in [0.25, 0.3) is 11.8 Å². The van der Waals surface area contributed by atoms with E-state index in [0.29, 0.717) is 13.0 Å². The summed E-state index contributed by atoms with van der Waals surface area (Å²) in [7, 11) is 0. The third kappa shape index (κ3) is 2.49. The minimum atomic E-state index is -1.12.